The highest BCUT2D eigenvalue weighted by atomic mass is 16.6. The second kappa shape index (κ2) is 7.42. The van der Waals surface area contributed by atoms with E-state index in [0.29, 0.717) is 11.1 Å². The van der Waals surface area contributed by atoms with Crippen molar-refractivity contribution in [3.05, 3.63) is 33.7 Å². The SMILES string of the molecule is Cc1cc(C(O)C(O)CCNC(=O)OC(C)(C)C)c[nH]c1=O. The summed E-state index contributed by atoms with van der Waals surface area (Å²) in [5.74, 6) is 0. The molecule has 0 aliphatic rings. The summed E-state index contributed by atoms with van der Waals surface area (Å²) in [5, 5.41) is 22.5. The maximum absolute atomic E-state index is 11.4. The van der Waals surface area contributed by atoms with Crippen molar-refractivity contribution in [3.8, 4) is 0 Å². The number of rotatable bonds is 5. The van der Waals surface area contributed by atoms with E-state index in [2.05, 4.69) is 10.3 Å². The molecular formula is C15H24N2O5. The van der Waals surface area contributed by atoms with E-state index in [9.17, 15) is 19.8 Å². The molecule has 0 aliphatic heterocycles. The molecule has 1 rings (SSSR count). The summed E-state index contributed by atoms with van der Waals surface area (Å²) >= 11 is 0. The number of aryl methyl sites for hydroxylation is 1. The largest absolute Gasteiger partial charge is 0.444 e. The monoisotopic (exact) mass is 312 g/mol. The minimum Gasteiger partial charge on any atom is -0.444 e. The third-order valence-corrected chi connectivity index (χ3v) is 2.93. The molecule has 7 nitrogen and oxygen atoms in total. The molecule has 7 heteroatoms. The second-order valence-electron chi connectivity index (χ2n) is 6.17. The summed E-state index contributed by atoms with van der Waals surface area (Å²) in [6.45, 7) is 7.04. The van der Waals surface area contributed by atoms with Crippen molar-refractivity contribution in [1.82, 2.24) is 10.3 Å². The van der Waals surface area contributed by atoms with Crippen LogP contribution in [0.5, 0.6) is 0 Å². The minimum atomic E-state index is -1.14. The Morgan fingerprint density at radius 3 is 2.59 bits per heavy atom. The van der Waals surface area contributed by atoms with Crippen molar-refractivity contribution >= 4 is 6.09 Å². The molecule has 0 fully saturated rings. The van der Waals surface area contributed by atoms with Crippen LogP contribution >= 0.6 is 0 Å². The Kier molecular flexibility index (Phi) is 6.13. The van der Waals surface area contributed by atoms with Gasteiger partial charge in [0.2, 0.25) is 0 Å². The fourth-order valence-corrected chi connectivity index (χ4v) is 1.81. The molecule has 124 valence electrons. The Morgan fingerprint density at radius 2 is 2.05 bits per heavy atom. The van der Waals surface area contributed by atoms with E-state index in [1.54, 1.807) is 27.7 Å². The van der Waals surface area contributed by atoms with Crippen molar-refractivity contribution in [3.63, 3.8) is 0 Å². The number of carbonyl (C=O) groups is 1. The molecule has 0 radical (unpaired) electrons. The van der Waals surface area contributed by atoms with Crippen LogP contribution in [0.1, 0.15) is 44.4 Å². The maximum atomic E-state index is 11.4. The number of alkyl carbamates (subject to hydrolysis) is 1. The van der Waals surface area contributed by atoms with Crippen LogP contribution in [-0.4, -0.2) is 39.5 Å². The lowest BCUT2D eigenvalue weighted by Crippen LogP contribution is -2.34. The molecule has 1 heterocycles. The zero-order valence-electron chi connectivity index (χ0n) is 13.3. The highest BCUT2D eigenvalue weighted by molar-refractivity contribution is 5.67. The average molecular weight is 312 g/mol. The Labute approximate surface area is 129 Å². The lowest BCUT2D eigenvalue weighted by atomic mass is 10.0. The van der Waals surface area contributed by atoms with Crippen LogP contribution in [0.25, 0.3) is 0 Å². The lowest BCUT2D eigenvalue weighted by molar-refractivity contribution is 0.0121. The molecule has 1 amide bonds. The van der Waals surface area contributed by atoms with Gasteiger partial charge in [-0.15, -0.1) is 0 Å². The van der Waals surface area contributed by atoms with Gasteiger partial charge < -0.3 is 25.3 Å². The molecule has 1 aromatic rings. The van der Waals surface area contributed by atoms with Gasteiger partial charge in [-0.1, -0.05) is 0 Å². The normalized spacial score (nSPS) is 14.3. The van der Waals surface area contributed by atoms with Crippen LogP contribution in [0, 0.1) is 6.92 Å². The molecule has 0 bridgehead atoms. The van der Waals surface area contributed by atoms with Gasteiger partial charge in [-0.05, 0) is 45.7 Å². The van der Waals surface area contributed by atoms with Crippen LogP contribution in [0.4, 0.5) is 4.79 Å². The summed E-state index contributed by atoms with van der Waals surface area (Å²) in [6, 6.07) is 1.52. The van der Waals surface area contributed by atoms with Crippen LogP contribution in [0.2, 0.25) is 0 Å². The number of carbonyl (C=O) groups excluding carboxylic acids is 1. The molecule has 1 aromatic heterocycles. The van der Waals surface area contributed by atoms with Crippen molar-refractivity contribution in [2.45, 2.75) is 51.9 Å². The number of nitrogens with one attached hydrogen (secondary N) is 2. The van der Waals surface area contributed by atoms with Gasteiger partial charge in [0.15, 0.2) is 0 Å². The van der Waals surface area contributed by atoms with Crippen LogP contribution in [-0.2, 0) is 4.74 Å². The highest BCUT2D eigenvalue weighted by Gasteiger charge is 2.20. The number of aromatic nitrogens is 1. The number of pyridine rings is 1. The lowest BCUT2D eigenvalue weighted by Gasteiger charge is -2.21. The predicted octanol–water partition coefficient (Wildman–Crippen LogP) is 0.992. The van der Waals surface area contributed by atoms with E-state index >= 15 is 0 Å². The molecule has 22 heavy (non-hydrogen) atoms. The maximum Gasteiger partial charge on any atom is 0.407 e. The first-order chi connectivity index (χ1) is 10.1. The molecule has 0 aliphatic carbocycles. The van der Waals surface area contributed by atoms with Gasteiger partial charge in [-0.2, -0.15) is 0 Å². The Bertz CT molecular complexity index is 562. The molecule has 2 atom stereocenters. The number of hydrogen-bond donors (Lipinski definition) is 4. The van der Waals surface area contributed by atoms with Crippen molar-refractivity contribution in [1.29, 1.82) is 0 Å². The number of amides is 1. The van der Waals surface area contributed by atoms with Gasteiger partial charge in [-0.25, -0.2) is 4.79 Å². The number of ether oxygens (including phenoxy) is 1. The number of aromatic amines is 1. The van der Waals surface area contributed by atoms with E-state index < -0.39 is 23.9 Å². The molecule has 2 unspecified atom stereocenters. The van der Waals surface area contributed by atoms with E-state index in [0.717, 1.165) is 0 Å². The third kappa shape index (κ3) is 5.87. The predicted molar refractivity (Wildman–Crippen MR) is 81.6 cm³/mol. The molecule has 0 aromatic carbocycles. The quantitative estimate of drug-likeness (QED) is 0.648. The Hall–Kier alpha value is -1.86. The van der Waals surface area contributed by atoms with Gasteiger partial charge in [0.1, 0.15) is 11.7 Å². The van der Waals surface area contributed by atoms with Gasteiger partial charge >= 0.3 is 6.09 Å². The summed E-state index contributed by atoms with van der Waals surface area (Å²) < 4.78 is 5.06. The average Bonchev–Trinajstić information content (AvgIpc) is 2.38. The Balaban J connectivity index is 2.47. The van der Waals surface area contributed by atoms with E-state index in [1.165, 1.54) is 12.3 Å². The fraction of sp³-hybridized carbons (Fsp3) is 0.600. The van der Waals surface area contributed by atoms with Crippen molar-refractivity contribution in [2.24, 2.45) is 0 Å². The first kappa shape index (κ1) is 18.2. The van der Waals surface area contributed by atoms with Gasteiger partial charge in [0, 0.05) is 18.3 Å². The van der Waals surface area contributed by atoms with Gasteiger partial charge in [0.25, 0.3) is 5.56 Å². The van der Waals surface area contributed by atoms with E-state index in [1.807, 2.05) is 0 Å². The molecule has 0 saturated heterocycles. The van der Waals surface area contributed by atoms with E-state index in [4.69, 9.17) is 4.74 Å². The zero-order valence-corrected chi connectivity index (χ0v) is 13.3. The third-order valence-electron chi connectivity index (χ3n) is 2.93. The number of aliphatic hydroxyl groups excluding tert-OH is 2. The first-order valence-electron chi connectivity index (χ1n) is 7.12. The van der Waals surface area contributed by atoms with Gasteiger partial charge in [0.05, 0.1) is 6.10 Å². The molecule has 0 saturated carbocycles. The van der Waals surface area contributed by atoms with Crippen molar-refractivity contribution < 1.29 is 19.7 Å². The van der Waals surface area contributed by atoms with Crippen LogP contribution < -0.4 is 10.9 Å². The highest BCUT2D eigenvalue weighted by Crippen LogP contribution is 2.17. The second-order valence-corrected chi connectivity index (χ2v) is 6.17. The topological polar surface area (TPSA) is 112 Å². The van der Waals surface area contributed by atoms with Gasteiger partial charge in [-0.3, -0.25) is 4.79 Å². The van der Waals surface area contributed by atoms with E-state index in [-0.39, 0.29) is 18.5 Å². The smallest absolute Gasteiger partial charge is 0.407 e. The summed E-state index contributed by atoms with van der Waals surface area (Å²) in [4.78, 5) is 25.2. The number of hydrogen-bond acceptors (Lipinski definition) is 5. The minimum absolute atomic E-state index is 0.151. The molecular weight excluding hydrogens is 288 g/mol. The van der Waals surface area contributed by atoms with Crippen molar-refractivity contribution in [2.75, 3.05) is 6.54 Å². The molecule has 0 spiro atoms. The summed E-state index contributed by atoms with van der Waals surface area (Å²) in [7, 11) is 0. The zero-order chi connectivity index (χ0) is 16.9. The summed E-state index contributed by atoms with van der Waals surface area (Å²) in [6.07, 6.45) is -1.27. The number of aliphatic hydroxyl groups is 2. The standard InChI is InChI=1S/C15H24N2O5/c1-9-7-10(8-17-13(9)20)12(19)11(18)5-6-16-14(21)22-15(2,3)4/h7-8,11-12,18-19H,5-6H2,1-4H3,(H,16,21)(H,17,20). The first-order valence-corrected chi connectivity index (χ1v) is 7.12. The van der Waals surface area contributed by atoms with Crippen LogP contribution in [0.3, 0.4) is 0 Å². The summed E-state index contributed by atoms with van der Waals surface area (Å²) in [5.41, 5.74) is 0.0462. The fourth-order valence-electron chi connectivity index (χ4n) is 1.81. The van der Waals surface area contributed by atoms with Crippen LogP contribution in [0.15, 0.2) is 17.1 Å². The Morgan fingerprint density at radius 1 is 1.41 bits per heavy atom. The number of H-pyrrole nitrogens is 1. The molecule has 4 N–H and O–H groups in total.